The molecule has 0 radical (unpaired) electrons. The number of anilines is 4. The van der Waals surface area contributed by atoms with Gasteiger partial charge < -0.3 is 61.3 Å². The number of aromatic nitrogens is 2. The van der Waals surface area contributed by atoms with Crippen LogP contribution in [0.25, 0.3) is 0 Å². The Bertz CT molecular complexity index is 4510. The predicted octanol–water partition coefficient (Wildman–Crippen LogP) is 10.8. The molecular weight excluding hydrogens is 1550 g/mol. The van der Waals surface area contributed by atoms with Crippen molar-refractivity contribution in [1.29, 1.82) is 0 Å². The molecule has 25 nitrogen and oxygen atoms in total. The maximum absolute atomic E-state index is 12.2. The Hall–Kier alpha value is -9.58. The molecule has 2 amide bonds. The summed E-state index contributed by atoms with van der Waals surface area (Å²) in [7, 11) is 9.09. The van der Waals surface area contributed by atoms with Crippen LogP contribution >= 0.6 is 47.8 Å². The molecule has 5 aromatic carbocycles. The van der Waals surface area contributed by atoms with E-state index in [4.69, 9.17) is 35.5 Å². The zero-order chi connectivity index (χ0) is 77.2. The van der Waals surface area contributed by atoms with Gasteiger partial charge in [-0.2, -0.15) is 0 Å². The molecule has 13 rings (SSSR count). The van der Waals surface area contributed by atoms with E-state index in [1.54, 1.807) is 38.4 Å². The number of aliphatic hydroxyl groups excluding tert-OH is 1. The fraction of sp³-hybridized carbons (Fsp3) is 0.359. The predicted molar refractivity (Wildman–Crippen MR) is 427 cm³/mol. The van der Waals surface area contributed by atoms with Crippen LogP contribution in [0.5, 0.6) is 0 Å². The van der Waals surface area contributed by atoms with E-state index in [2.05, 4.69) is 121 Å². The summed E-state index contributed by atoms with van der Waals surface area (Å²) in [5.74, 6) is 0.139. The number of ketones is 4. The van der Waals surface area contributed by atoms with Gasteiger partial charge in [-0.25, -0.2) is 29.9 Å². The van der Waals surface area contributed by atoms with Crippen LogP contribution in [-0.2, 0) is 82.3 Å². The van der Waals surface area contributed by atoms with E-state index in [1.165, 1.54) is 39.6 Å². The van der Waals surface area contributed by atoms with Gasteiger partial charge in [0.15, 0.2) is 0 Å². The third kappa shape index (κ3) is 19.9. The van der Waals surface area contributed by atoms with Gasteiger partial charge in [-0.15, -0.1) is 0 Å². The normalized spacial score (nSPS) is 14.8. The molecular formula is C78H91Br3N14O11. The molecule has 2 saturated heterocycles. The van der Waals surface area contributed by atoms with Crippen LogP contribution in [0.4, 0.5) is 45.5 Å². The highest BCUT2D eigenvalue weighted by atomic mass is 79.9. The number of nitrogens with two attached hydrogens (primary N) is 2. The number of piperazine rings is 2. The van der Waals surface area contributed by atoms with Gasteiger partial charge in [-0.05, 0) is 182 Å². The summed E-state index contributed by atoms with van der Waals surface area (Å²) in [5, 5.41) is 18.4. The van der Waals surface area contributed by atoms with Crippen molar-refractivity contribution in [2.24, 2.45) is 20.0 Å². The van der Waals surface area contributed by atoms with Gasteiger partial charge in [0.25, 0.3) is 35.4 Å². The van der Waals surface area contributed by atoms with E-state index in [9.17, 15) is 28.8 Å². The average Bonchev–Trinajstić information content (AvgIpc) is 0.814. The molecule has 2 aromatic heterocycles. The summed E-state index contributed by atoms with van der Waals surface area (Å²) in [4.78, 5) is 103. The Balaban J connectivity index is 0.000000167. The summed E-state index contributed by atoms with van der Waals surface area (Å²) < 4.78 is 21.9. The second kappa shape index (κ2) is 38.1. The Kier molecular flexibility index (Phi) is 29.5. The van der Waals surface area contributed by atoms with Gasteiger partial charge in [-0.3, -0.25) is 33.7 Å². The largest absolute Gasteiger partial charge is 0.478 e. The minimum Gasteiger partial charge on any atom is -0.478 e. The average molecular weight is 1640 g/mol. The van der Waals surface area contributed by atoms with Crippen LogP contribution in [-0.4, -0.2) is 173 Å². The van der Waals surface area contributed by atoms with Gasteiger partial charge in [0.2, 0.25) is 23.1 Å². The maximum Gasteiger partial charge on any atom is 0.269 e. The number of hydrogen-bond donors (Lipinski definition) is 6. The molecule has 106 heavy (non-hydrogen) atoms. The summed E-state index contributed by atoms with van der Waals surface area (Å²) >= 11 is 10.2. The number of nitrogens with one attached hydrogen (secondary N) is 3. The van der Waals surface area contributed by atoms with Gasteiger partial charge in [0.1, 0.15) is 11.4 Å². The number of pyridine rings is 2. The van der Waals surface area contributed by atoms with Crippen molar-refractivity contribution in [2.75, 3.05) is 116 Å². The first-order chi connectivity index (χ1) is 50.7. The number of nitrogens with zero attached hydrogens (tertiary/aromatic N) is 9. The summed E-state index contributed by atoms with van der Waals surface area (Å²) in [5.41, 5.74) is 33.1. The lowest BCUT2D eigenvalue weighted by atomic mass is 9.94. The number of fused-ring (bicyclic) bond motifs is 4. The van der Waals surface area contributed by atoms with Crippen LogP contribution in [0, 0.1) is 48.5 Å². The maximum atomic E-state index is 12.2. The molecule has 0 spiro atoms. The zero-order valence-electron chi connectivity index (χ0n) is 62.0. The van der Waals surface area contributed by atoms with Crippen molar-refractivity contribution in [3.05, 3.63) is 183 Å². The Labute approximate surface area is 643 Å². The first-order valence-electron chi connectivity index (χ1n) is 34.3. The second-order valence-corrected chi connectivity index (χ2v) is 27.6. The van der Waals surface area contributed by atoms with Crippen molar-refractivity contribution in [3.8, 4) is 0 Å². The van der Waals surface area contributed by atoms with Gasteiger partial charge in [0.05, 0.1) is 91.9 Å². The molecule has 0 bridgehead atoms. The summed E-state index contributed by atoms with van der Waals surface area (Å²) in [6.07, 6.45) is 1.39. The molecule has 6 aliphatic heterocycles. The van der Waals surface area contributed by atoms with Crippen LogP contribution in [0.1, 0.15) is 99.1 Å². The molecule has 0 atom stereocenters. The number of methoxy groups -OCH3 is 4. The molecule has 0 saturated carbocycles. The third-order valence-electron chi connectivity index (χ3n) is 18.9. The first-order valence-corrected chi connectivity index (χ1v) is 37.0. The Morgan fingerprint density at radius 1 is 0.481 bits per heavy atom. The first kappa shape index (κ1) is 82.1. The van der Waals surface area contributed by atoms with E-state index >= 15 is 0 Å². The number of Topliss-reactive ketones (excluding diaryl/α,β-unsaturated/α-hetero) is 4. The molecule has 2 fully saturated rings. The lowest BCUT2D eigenvalue weighted by molar-refractivity contribution is -0.114. The Morgan fingerprint density at radius 3 is 1.23 bits per heavy atom. The molecule has 560 valence electrons. The molecule has 7 aromatic rings. The highest BCUT2D eigenvalue weighted by Gasteiger charge is 2.29. The van der Waals surface area contributed by atoms with E-state index in [0.717, 1.165) is 174 Å². The van der Waals surface area contributed by atoms with Gasteiger partial charge >= 0.3 is 0 Å². The number of alkyl halides is 1. The number of aryl methyl sites for hydroxylation is 2. The number of rotatable bonds is 8. The number of aliphatic hydroxyl groups is 1. The van der Waals surface area contributed by atoms with E-state index in [0.29, 0.717) is 48.4 Å². The number of hydrogen-bond acceptors (Lipinski definition) is 23. The van der Waals surface area contributed by atoms with Crippen molar-refractivity contribution < 1.29 is 52.8 Å². The molecule has 6 aliphatic rings. The van der Waals surface area contributed by atoms with E-state index < -0.39 is 0 Å². The minimum absolute atomic E-state index is 0.0197. The lowest BCUT2D eigenvalue weighted by Crippen LogP contribution is -2.46. The zero-order valence-corrected chi connectivity index (χ0v) is 66.8. The lowest BCUT2D eigenvalue weighted by Gasteiger charge is -2.37. The van der Waals surface area contributed by atoms with Crippen molar-refractivity contribution in [3.63, 3.8) is 0 Å². The van der Waals surface area contributed by atoms with Gasteiger partial charge in [0, 0.05) is 113 Å². The standard InChI is InChI=1S/C24H29N5O3.C12H12BrNO2.C12H18N4O.C12H13NO3.C11H10BrNO2.C7H9BrN2/c1-15-17(5-6-19-18(15)13-22(30)24(27-19)32-4)14-28-9-11-29(12-10-28)21-8-7-20(23(31)25-3)26-16(21)2;1-7-8(6-13)3-4-10-9(7)5-11(15)12(14-10)16-2;1-9-11(16-7-5-14-6-8-16)4-3-10(15-9)12(17)13-2;1-7-8(6-14)3-4-10-9(7)5-11(15)12(13-10)16-2;1-6-7-5-10(14)11(15-2)13-9(7)4-3-8(6)12;1-4-5(8)2-3-6(9)7(4)10/h5-8H,9-14H2,1-4H3,(H,25,31);3-4H,5-6H2,1-2H3;3-4,14H,5-8H2,1-2H3,(H,13,17);3-4,14H,5-6H2,1-2H3;3-4H,5H2,1-2H3;2-3H,9-10H2,1H3. The smallest absolute Gasteiger partial charge is 0.269 e. The van der Waals surface area contributed by atoms with Crippen molar-refractivity contribution in [2.45, 2.75) is 92.6 Å². The summed E-state index contributed by atoms with van der Waals surface area (Å²) in [6.45, 7) is 22.2. The van der Waals surface area contributed by atoms with Crippen LogP contribution in [0.2, 0.25) is 0 Å². The number of aliphatic imine (C=N–C) groups is 4. The molecule has 8 heterocycles. The SMILES string of the molecule is CNC(=O)c1ccc(N2CCN(Cc3ccc4c(c3C)CC(=O)C(OC)=N4)CC2)c(C)n1.CNC(=O)c1ccc(N2CCNCC2)c(C)n1.COC1=Nc2ccc(Br)c(C)c2CC1=O.COC1=Nc2ccc(CBr)c(C)c2CC1=O.COC1=Nc2ccc(CO)c(C)c2CC1=O.Cc1c(Br)ccc(N)c1N. The van der Waals surface area contributed by atoms with Gasteiger partial charge in [-0.1, -0.05) is 66.0 Å². The Morgan fingerprint density at radius 2 is 0.840 bits per heavy atom. The van der Waals surface area contributed by atoms with Crippen molar-refractivity contribution >= 4 is 152 Å². The topological polar surface area (TPSA) is 333 Å². The molecule has 0 unspecified atom stereocenters. The van der Waals surface area contributed by atoms with Crippen molar-refractivity contribution in [1.82, 2.24) is 30.8 Å². The fourth-order valence-corrected chi connectivity index (χ4v) is 13.8. The summed E-state index contributed by atoms with van der Waals surface area (Å²) in [6, 6.07) is 26.7. The van der Waals surface area contributed by atoms with Crippen LogP contribution in [0.15, 0.2) is 114 Å². The number of carbonyl (C=O) groups excluding carboxylic acids is 6. The number of ether oxygens (including phenoxy) is 4. The van der Waals surface area contributed by atoms with Crippen LogP contribution < -0.4 is 37.2 Å². The number of nitrogen functional groups attached to an aromatic ring is 2. The molecule has 8 N–H and O–H groups in total. The second-order valence-electron chi connectivity index (χ2n) is 25.3. The van der Waals surface area contributed by atoms with E-state index in [-0.39, 0.29) is 65.1 Å². The monoisotopic (exact) mass is 1640 g/mol. The quantitative estimate of drug-likeness (QED) is 0.0608. The third-order valence-corrected chi connectivity index (χ3v) is 21.2. The highest BCUT2D eigenvalue weighted by Crippen LogP contribution is 2.36. The molecule has 0 aliphatic carbocycles. The fourth-order valence-electron chi connectivity index (χ4n) is 12.5. The van der Waals surface area contributed by atoms with E-state index in [1.807, 2.05) is 96.1 Å². The highest BCUT2D eigenvalue weighted by molar-refractivity contribution is 9.11. The van der Waals surface area contributed by atoms with Crippen LogP contribution in [0.3, 0.4) is 0 Å². The number of halogens is 3. The minimum atomic E-state index is -0.171. The number of carbonyl (C=O) groups is 6. The number of benzene rings is 5. The number of amides is 2. The molecule has 28 heteroatoms.